The lowest BCUT2D eigenvalue weighted by atomic mass is 9.91. The maximum Gasteiger partial charge on any atom is 0.303 e. The molecule has 1 amide bonds. The van der Waals surface area contributed by atoms with Crippen LogP contribution in [-0.4, -0.2) is 33.1 Å². The molecule has 2 N–H and O–H groups in total. The second-order valence-corrected chi connectivity index (χ2v) is 6.42. The van der Waals surface area contributed by atoms with E-state index in [-0.39, 0.29) is 17.7 Å². The Morgan fingerprint density at radius 1 is 1.25 bits per heavy atom. The molecule has 0 fully saturated rings. The lowest BCUT2D eigenvalue weighted by Crippen LogP contribution is -2.27. The van der Waals surface area contributed by atoms with E-state index in [0.717, 1.165) is 24.4 Å². The van der Waals surface area contributed by atoms with Crippen molar-refractivity contribution in [3.05, 3.63) is 10.6 Å². The number of carbonyl (C=O) groups excluding carboxylic acids is 1. The van der Waals surface area contributed by atoms with Gasteiger partial charge < -0.3 is 10.4 Å². The minimum atomic E-state index is -0.778. The second-order valence-electron chi connectivity index (χ2n) is 5.66. The summed E-state index contributed by atoms with van der Waals surface area (Å²) in [6, 6.07) is 0. The molecule has 0 aliphatic heterocycles. The van der Waals surface area contributed by atoms with Gasteiger partial charge in [-0.3, -0.25) is 9.59 Å². The van der Waals surface area contributed by atoms with E-state index in [0.29, 0.717) is 23.5 Å². The van der Waals surface area contributed by atoms with Crippen LogP contribution in [0.15, 0.2) is 0 Å². The van der Waals surface area contributed by atoms with Crippen molar-refractivity contribution in [1.29, 1.82) is 0 Å². The average Bonchev–Trinajstić information content (AvgIpc) is 2.81. The Kier molecular flexibility index (Phi) is 6.06. The smallest absolute Gasteiger partial charge is 0.303 e. The first-order valence-electron chi connectivity index (χ1n) is 6.65. The summed E-state index contributed by atoms with van der Waals surface area (Å²) in [5, 5.41) is 15.4. The van der Waals surface area contributed by atoms with Gasteiger partial charge in [-0.25, -0.2) is 0 Å². The van der Waals surface area contributed by atoms with Crippen LogP contribution < -0.4 is 5.32 Å². The zero-order valence-corrected chi connectivity index (χ0v) is 12.9. The molecular formula is C13H21N3O3S. The van der Waals surface area contributed by atoms with Crippen LogP contribution in [0.5, 0.6) is 0 Å². The van der Waals surface area contributed by atoms with Gasteiger partial charge in [0.15, 0.2) is 0 Å². The molecule has 0 spiro atoms. The van der Waals surface area contributed by atoms with Crippen molar-refractivity contribution in [2.75, 3.05) is 6.54 Å². The molecule has 0 saturated heterocycles. The molecule has 0 aliphatic rings. The summed E-state index contributed by atoms with van der Waals surface area (Å²) in [5.74, 6) is -0.928. The van der Waals surface area contributed by atoms with Gasteiger partial charge in [-0.15, -0.1) is 5.10 Å². The number of amides is 1. The van der Waals surface area contributed by atoms with Crippen molar-refractivity contribution in [1.82, 2.24) is 14.9 Å². The predicted molar refractivity (Wildman–Crippen MR) is 77.0 cm³/mol. The summed E-state index contributed by atoms with van der Waals surface area (Å²) in [6.45, 7) is 6.52. The molecule has 1 heterocycles. The number of aliphatic carboxylic acids is 1. The summed E-state index contributed by atoms with van der Waals surface area (Å²) >= 11 is 1.11. The molecule has 0 aromatic carbocycles. The molecule has 0 atom stereocenters. The Morgan fingerprint density at radius 2 is 1.95 bits per heavy atom. The van der Waals surface area contributed by atoms with E-state index in [9.17, 15) is 9.59 Å². The third-order valence-electron chi connectivity index (χ3n) is 2.76. The quantitative estimate of drug-likeness (QED) is 0.753. The van der Waals surface area contributed by atoms with Crippen molar-refractivity contribution in [3.8, 4) is 0 Å². The number of hydrogen-bond donors (Lipinski definition) is 2. The number of carboxylic acid groups (broad SMARTS) is 1. The van der Waals surface area contributed by atoms with Gasteiger partial charge in [0.25, 0.3) is 5.91 Å². The maximum absolute atomic E-state index is 12.0. The summed E-state index contributed by atoms with van der Waals surface area (Å²) in [5.41, 5.74) is 0.507. The Labute approximate surface area is 122 Å². The molecule has 0 unspecified atom stereocenters. The number of carbonyl (C=O) groups is 2. The third kappa shape index (κ3) is 5.24. The maximum atomic E-state index is 12.0. The average molecular weight is 299 g/mol. The highest BCUT2D eigenvalue weighted by Gasteiger charge is 2.25. The Balaban J connectivity index is 2.37. The van der Waals surface area contributed by atoms with Crippen molar-refractivity contribution >= 4 is 23.4 Å². The highest BCUT2D eigenvalue weighted by atomic mass is 32.1. The lowest BCUT2D eigenvalue weighted by Gasteiger charge is -2.16. The minimum absolute atomic E-state index is 0.150. The van der Waals surface area contributed by atoms with Gasteiger partial charge >= 0.3 is 5.97 Å². The number of aromatic nitrogens is 2. The van der Waals surface area contributed by atoms with Crippen LogP contribution >= 0.6 is 11.5 Å². The lowest BCUT2D eigenvalue weighted by molar-refractivity contribution is -0.137. The first-order valence-corrected chi connectivity index (χ1v) is 7.42. The second kappa shape index (κ2) is 7.33. The fraction of sp³-hybridized carbons (Fsp3) is 0.692. The van der Waals surface area contributed by atoms with Gasteiger partial charge in [-0.05, 0) is 24.4 Å². The SMILES string of the molecule is CC(C)(C)c1nnsc1C(=O)NCCCCCC(=O)O. The molecule has 0 saturated carbocycles. The van der Waals surface area contributed by atoms with Crippen LogP contribution in [-0.2, 0) is 10.2 Å². The van der Waals surface area contributed by atoms with Crippen molar-refractivity contribution in [2.24, 2.45) is 0 Å². The third-order valence-corrected chi connectivity index (χ3v) is 3.48. The molecule has 20 heavy (non-hydrogen) atoms. The molecule has 7 heteroatoms. The van der Waals surface area contributed by atoms with Gasteiger partial charge in [0, 0.05) is 18.4 Å². The van der Waals surface area contributed by atoms with Crippen molar-refractivity contribution in [3.63, 3.8) is 0 Å². The Bertz CT molecular complexity index is 466. The number of unbranched alkanes of at least 4 members (excludes halogenated alkanes) is 2. The molecular weight excluding hydrogens is 278 g/mol. The van der Waals surface area contributed by atoms with Crippen molar-refractivity contribution in [2.45, 2.75) is 51.9 Å². The zero-order valence-electron chi connectivity index (χ0n) is 12.1. The monoisotopic (exact) mass is 299 g/mol. The minimum Gasteiger partial charge on any atom is -0.481 e. The summed E-state index contributed by atoms with van der Waals surface area (Å²) in [6.07, 6.45) is 2.39. The van der Waals surface area contributed by atoms with Crippen LogP contribution in [0.3, 0.4) is 0 Å². The summed E-state index contributed by atoms with van der Waals surface area (Å²) in [4.78, 5) is 22.9. The molecule has 0 aliphatic carbocycles. The van der Waals surface area contributed by atoms with Crippen LogP contribution in [0, 0.1) is 0 Å². The Morgan fingerprint density at radius 3 is 2.55 bits per heavy atom. The molecule has 0 radical (unpaired) electrons. The largest absolute Gasteiger partial charge is 0.481 e. The molecule has 6 nitrogen and oxygen atoms in total. The van der Waals surface area contributed by atoms with Crippen LogP contribution in [0.25, 0.3) is 0 Å². The number of nitrogens with zero attached hydrogens (tertiary/aromatic N) is 2. The standard InChI is InChI=1S/C13H21N3O3S/c1-13(2,3)11-10(20-16-15-11)12(19)14-8-6-4-5-7-9(17)18/h4-8H2,1-3H3,(H,14,19)(H,17,18). The fourth-order valence-corrected chi connectivity index (χ4v) is 2.48. The molecule has 0 bridgehead atoms. The number of nitrogens with one attached hydrogen (secondary N) is 1. The van der Waals surface area contributed by atoms with E-state index in [1.807, 2.05) is 20.8 Å². The van der Waals surface area contributed by atoms with Crippen LogP contribution in [0.2, 0.25) is 0 Å². The van der Waals surface area contributed by atoms with Gasteiger partial charge in [0.05, 0.1) is 5.69 Å². The van der Waals surface area contributed by atoms with Crippen molar-refractivity contribution < 1.29 is 14.7 Å². The van der Waals surface area contributed by atoms with E-state index in [1.54, 1.807) is 0 Å². The highest BCUT2D eigenvalue weighted by molar-refractivity contribution is 7.08. The van der Waals surface area contributed by atoms with E-state index >= 15 is 0 Å². The molecule has 1 aromatic heterocycles. The van der Waals surface area contributed by atoms with Gasteiger partial charge in [-0.2, -0.15) is 0 Å². The summed E-state index contributed by atoms with van der Waals surface area (Å²) < 4.78 is 3.85. The van der Waals surface area contributed by atoms with Crippen LogP contribution in [0.4, 0.5) is 0 Å². The van der Waals surface area contributed by atoms with E-state index in [4.69, 9.17) is 5.11 Å². The van der Waals surface area contributed by atoms with E-state index < -0.39 is 5.97 Å². The number of rotatable bonds is 7. The topological polar surface area (TPSA) is 92.2 Å². The normalized spacial score (nSPS) is 11.3. The number of hydrogen-bond acceptors (Lipinski definition) is 5. The number of carboxylic acids is 1. The molecule has 1 rings (SSSR count). The van der Waals surface area contributed by atoms with Crippen LogP contribution in [0.1, 0.15) is 61.8 Å². The summed E-state index contributed by atoms with van der Waals surface area (Å²) in [7, 11) is 0. The predicted octanol–water partition coefficient (Wildman–Crippen LogP) is 2.21. The van der Waals surface area contributed by atoms with Gasteiger partial charge in [0.2, 0.25) is 0 Å². The van der Waals surface area contributed by atoms with E-state index in [2.05, 4.69) is 14.9 Å². The first-order chi connectivity index (χ1) is 9.32. The first kappa shape index (κ1) is 16.6. The molecule has 112 valence electrons. The molecule has 1 aromatic rings. The Hall–Kier alpha value is -1.50. The van der Waals surface area contributed by atoms with Gasteiger partial charge in [0.1, 0.15) is 4.88 Å². The fourth-order valence-electron chi connectivity index (χ4n) is 1.69. The van der Waals surface area contributed by atoms with Gasteiger partial charge in [-0.1, -0.05) is 31.7 Å². The highest BCUT2D eigenvalue weighted by Crippen LogP contribution is 2.25. The van der Waals surface area contributed by atoms with E-state index in [1.165, 1.54) is 0 Å². The zero-order chi connectivity index (χ0) is 15.2.